The van der Waals surface area contributed by atoms with Gasteiger partial charge in [-0.2, -0.15) is 0 Å². The first kappa shape index (κ1) is 20.1. The summed E-state index contributed by atoms with van der Waals surface area (Å²) < 4.78 is 0. The number of halogens is 1. The molecule has 2 aliphatic heterocycles. The van der Waals surface area contributed by atoms with Gasteiger partial charge in [0.25, 0.3) is 11.8 Å². The molecule has 0 bridgehead atoms. The Morgan fingerprint density at radius 3 is 2.59 bits per heavy atom. The van der Waals surface area contributed by atoms with E-state index in [1.807, 2.05) is 18.2 Å². The predicted octanol–water partition coefficient (Wildman–Crippen LogP) is 3.34. The molecule has 1 aromatic carbocycles. The van der Waals surface area contributed by atoms with Gasteiger partial charge >= 0.3 is 0 Å². The summed E-state index contributed by atoms with van der Waals surface area (Å²) in [5.41, 5.74) is 1.39. The van der Waals surface area contributed by atoms with Gasteiger partial charge in [0.2, 0.25) is 11.6 Å². The number of rotatable bonds is 3. The number of hydrogen-bond donors (Lipinski definition) is 1. The summed E-state index contributed by atoms with van der Waals surface area (Å²) >= 11 is 5.99. The van der Waals surface area contributed by atoms with Gasteiger partial charge in [0, 0.05) is 38.5 Å². The summed E-state index contributed by atoms with van der Waals surface area (Å²) in [5, 5.41) is 3.14. The maximum Gasteiger partial charge on any atom is 0.271 e. The minimum Gasteiger partial charge on any atom is -0.321 e. The molecule has 0 saturated carbocycles. The van der Waals surface area contributed by atoms with Crippen LogP contribution in [0.4, 0.5) is 11.4 Å². The van der Waals surface area contributed by atoms with Crippen molar-refractivity contribution in [1.29, 1.82) is 0 Å². The first-order valence-corrected chi connectivity index (χ1v) is 10.4. The smallest absolute Gasteiger partial charge is 0.271 e. The molecule has 2 aromatic heterocycles. The summed E-state index contributed by atoms with van der Waals surface area (Å²) in [6, 6.07) is 10.5. The Morgan fingerprint density at radius 1 is 1.06 bits per heavy atom. The number of benzene rings is 1. The van der Waals surface area contributed by atoms with Crippen LogP contribution in [0.3, 0.4) is 0 Å². The lowest BCUT2D eigenvalue weighted by Crippen LogP contribution is -2.68. The summed E-state index contributed by atoms with van der Waals surface area (Å²) in [6.07, 6.45) is 6.57. The van der Waals surface area contributed by atoms with Crippen molar-refractivity contribution in [3.8, 4) is 11.1 Å². The number of aromatic nitrogens is 2. The monoisotopic (exact) mass is 447 g/mol. The highest BCUT2D eigenvalue weighted by atomic mass is 35.5. The van der Waals surface area contributed by atoms with E-state index in [0.29, 0.717) is 22.0 Å². The number of nitrogens with zero attached hydrogens (tertiary/aromatic N) is 4. The molecule has 3 amide bonds. The van der Waals surface area contributed by atoms with Crippen molar-refractivity contribution in [2.75, 3.05) is 17.3 Å². The van der Waals surface area contributed by atoms with Gasteiger partial charge in [0.15, 0.2) is 0 Å². The Hall–Kier alpha value is -3.78. The normalized spacial score (nSPS) is 19.6. The van der Waals surface area contributed by atoms with Gasteiger partial charge in [0.05, 0.1) is 28.2 Å². The molecule has 160 valence electrons. The van der Waals surface area contributed by atoms with Crippen molar-refractivity contribution in [2.24, 2.45) is 0 Å². The Bertz CT molecular complexity index is 1270. The van der Waals surface area contributed by atoms with E-state index in [0.717, 1.165) is 11.1 Å². The highest BCUT2D eigenvalue weighted by Crippen LogP contribution is 2.45. The fraction of sp³-hybridized carbons (Fsp3) is 0.174. The molecule has 3 aromatic rings. The van der Waals surface area contributed by atoms with Crippen LogP contribution in [0.15, 0.2) is 61.2 Å². The lowest BCUT2D eigenvalue weighted by Gasteiger charge is -2.47. The number of likely N-dealkylation sites (N-methyl/N-ethyl adjacent to an activating group) is 1. The Balaban J connectivity index is 1.63. The Morgan fingerprint density at radius 2 is 1.84 bits per heavy atom. The van der Waals surface area contributed by atoms with E-state index in [1.165, 1.54) is 22.2 Å². The van der Waals surface area contributed by atoms with Gasteiger partial charge in [-0.25, -0.2) is 0 Å². The zero-order valence-electron chi connectivity index (χ0n) is 17.1. The minimum atomic E-state index is -1.49. The molecule has 1 saturated heterocycles. The molecule has 0 aliphatic carbocycles. The molecule has 4 heterocycles. The van der Waals surface area contributed by atoms with E-state index in [4.69, 9.17) is 11.6 Å². The second-order valence-electron chi connectivity index (χ2n) is 7.72. The van der Waals surface area contributed by atoms with Crippen LogP contribution >= 0.6 is 11.6 Å². The molecule has 1 fully saturated rings. The second-order valence-corrected chi connectivity index (χ2v) is 8.16. The SMILES string of the molecule is CN1C(=O)c2ccc(-c3ccncc3)cc2N2C(=O)CCC12C(=O)Nc1cncc(Cl)c1. The van der Waals surface area contributed by atoms with Crippen molar-refractivity contribution in [3.63, 3.8) is 0 Å². The van der Waals surface area contributed by atoms with E-state index >= 15 is 0 Å². The number of amides is 3. The van der Waals surface area contributed by atoms with Crippen LogP contribution in [0.2, 0.25) is 5.02 Å². The average molecular weight is 448 g/mol. The molecule has 8 nitrogen and oxygen atoms in total. The minimum absolute atomic E-state index is 0.137. The maximum absolute atomic E-state index is 13.6. The Kier molecular flexibility index (Phi) is 4.67. The molecule has 1 unspecified atom stereocenters. The van der Waals surface area contributed by atoms with E-state index in [1.54, 1.807) is 37.6 Å². The van der Waals surface area contributed by atoms with Crippen LogP contribution in [0.5, 0.6) is 0 Å². The molecular formula is C23H18ClN5O3. The van der Waals surface area contributed by atoms with Gasteiger partial charge in [-0.3, -0.25) is 29.3 Å². The van der Waals surface area contributed by atoms with Crippen LogP contribution in [0, 0.1) is 0 Å². The van der Waals surface area contributed by atoms with Crippen LogP contribution in [0.1, 0.15) is 23.2 Å². The molecule has 5 rings (SSSR count). The third kappa shape index (κ3) is 2.95. The third-order valence-corrected chi connectivity index (χ3v) is 6.18. The standard InChI is InChI=1S/C23H18ClN5O3/c1-28-21(31)18-3-2-15(14-5-8-25-9-6-14)10-19(18)29-20(30)4-7-23(28,29)22(32)27-17-11-16(24)12-26-13-17/h2-3,5-6,8-13H,4,7H2,1H3,(H,27,32). The fourth-order valence-electron chi connectivity index (χ4n) is 4.41. The number of nitrogens with one attached hydrogen (secondary N) is 1. The average Bonchev–Trinajstić information content (AvgIpc) is 3.16. The van der Waals surface area contributed by atoms with E-state index < -0.39 is 11.6 Å². The second kappa shape index (κ2) is 7.42. The van der Waals surface area contributed by atoms with E-state index in [-0.39, 0.29) is 24.7 Å². The van der Waals surface area contributed by atoms with E-state index in [2.05, 4.69) is 15.3 Å². The van der Waals surface area contributed by atoms with Crippen molar-refractivity contribution in [2.45, 2.75) is 18.5 Å². The van der Waals surface area contributed by atoms with Gasteiger partial charge in [-0.05, 0) is 41.5 Å². The Labute approximate surface area is 188 Å². The van der Waals surface area contributed by atoms with Crippen molar-refractivity contribution in [3.05, 3.63) is 71.8 Å². The molecule has 0 spiro atoms. The largest absolute Gasteiger partial charge is 0.321 e. The maximum atomic E-state index is 13.6. The topological polar surface area (TPSA) is 95.5 Å². The zero-order chi connectivity index (χ0) is 22.5. The molecule has 32 heavy (non-hydrogen) atoms. The van der Waals surface area contributed by atoms with Crippen molar-refractivity contribution in [1.82, 2.24) is 14.9 Å². The molecule has 9 heteroatoms. The molecule has 0 radical (unpaired) electrons. The highest BCUT2D eigenvalue weighted by molar-refractivity contribution is 6.30. The quantitative estimate of drug-likeness (QED) is 0.664. The number of carbonyl (C=O) groups is 3. The molecule has 1 N–H and O–H groups in total. The lowest BCUT2D eigenvalue weighted by atomic mass is 9.94. The summed E-state index contributed by atoms with van der Waals surface area (Å²) in [7, 11) is 1.55. The highest BCUT2D eigenvalue weighted by Gasteiger charge is 2.59. The first-order valence-electron chi connectivity index (χ1n) is 9.99. The van der Waals surface area contributed by atoms with Crippen molar-refractivity contribution < 1.29 is 14.4 Å². The van der Waals surface area contributed by atoms with Gasteiger partial charge in [-0.1, -0.05) is 17.7 Å². The van der Waals surface area contributed by atoms with Crippen LogP contribution in [-0.2, 0) is 9.59 Å². The number of pyridine rings is 2. The third-order valence-electron chi connectivity index (χ3n) is 5.98. The first-order chi connectivity index (χ1) is 15.4. The summed E-state index contributed by atoms with van der Waals surface area (Å²) in [4.78, 5) is 50.7. The molecule has 2 aliphatic rings. The van der Waals surface area contributed by atoms with Gasteiger partial charge in [-0.15, -0.1) is 0 Å². The van der Waals surface area contributed by atoms with Gasteiger partial charge < -0.3 is 10.2 Å². The number of hydrogen-bond acceptors (Lipinski definition) is 5. The lowest BCUT2D eigenvalue weighted by molar-refractivity contribution is -0.128. The number of carbonyl (C=O) groups excluding carboxylic acids is 3. The number of anilines is 2. The zero-order valence-corrected chi connectivity index (χ0v) is 17.8. The summed E-state index contributed by atoms with van der Waals surface area (Å²) in [5.74, 6) is -1.05. The molecular weight excluding hydrogens is 430 g/mol. The van der Waals surface area contributed by atoms with Crippen molar-refractivity contribution >= 4 is 40.7 Å². The van der Waals surface area contributed by atoms with Crippen LogP contribution < -0.4 is 10.2 Å². The predicted molar refractivity (Wildman–Crippen MR) is 119 cm³/mol. The van der Waals surface area contributed by atoms with Gasteiger partial charge in [0.1, 0.15) is 0 Å². The van der Waals surface area contributed by atoms with E-state index in [9.17, 15) is 14.4 Å². The van der Waals surface area contributed by atoms with Crippen LogP contribution in [-0.4, -0.2) is 45.3 Å². The molecule has 1 atom stereocenters. The number of fused-ring (bicyclic) bond motifs is 3. The summed E-state index contributed by atoms with van der Waals surface area (Å²) in [6.45, 7) is 0. The van der Waals surface area contributed by atoms with Crippen LogP contribution in [0.25, 0.3) is 11.1 Å². The fourth-order valence-corrected chi connectivity index (χ4v) is 4.59.